The van der Waals surface area contributed by atoms with Gasteiger partial charge in [-0.15, -0.1) is 0 Å². The third-order valence-corrected chi connectivity index (χ3v) is 8.14. The Balaban J connectivity index is 1.62. The van der Waals surface area contributed by atoms with E-state index in [4.69, 9.17) is 0 Å². The Kier molecular flexibility index (Phi) is 4.56. The summed E-state index contributed by atoms with van der Waals surface area (Å²) in [5.74, 6) is -4.45. The van der Waals surface area contributed by atoms with Crippen LogP contribution >= 0.6 is 15.9 Å². The average molecular weight is 520 g/mol. The van der Waals surface area contributed by atoms with Gasteiger partial charge in [-0.3, -0.25) is 24.4 Å². The molecule has 0 bridgehead atoms. The molecule has 2 N–H and O–H groups in total. The Labute approximate surface area is 202 Å². The van der Waals surface area contributed by atoms with E-state index in [2.05, 4.69) is 15.9 Å². The van der Waals surface area contributed by atoms with Crippen LogP contribution in [0.1, 0.15) is 24.3 Å². The fraction of sp³-hybridized carbons (Fsp3) is 0.231. The first-order valence-electron chi connectivity index (χ1n) is 11.0. The number of halogens is 1. The smallest absolute Gasteiger partial charge is 0.257 e. The highest BCUT2D eigenvalue weighted by Gasteiger charge is 2.56. The molecule has 34 heavy (non-hydrogen) atoms. The van der Waals surface area contributed by atoms with Crippen molar-refractivity contribution in [2.24, 2.45) is 17.8 Å². The van der Waals surface area contributed by atoms with Crippen molar-refractivity contribution < 1.29 is 29.5 Å². The van der Waals surface area contributed by atoms with E-state index in [0.717, 1.165) is 16.5 Å². The van der Waals surface area contributed by atoms with E-state index < -0.39 is 35.5 Å². The zero-order chi connectivity index (χ0) is 23.9. The van der Waals surface area contributed by atoms with Crippen molar-refractivity contribution in [1.82, 2.24) is 5.06 Å². The van der Waals surface area contributed by atoms with Gasteiger partial charge in [-0.1, -0.05) is 42.0 Å². The van der Waals surface area contributed by atoms with Gasteiger partial charge in [-0.05, 0) is 51.7 Å². The van der Waals surface area contributed by atoms with Crippen molar-refractivity contribution >= 4 is 50.1 Å². The molecule has 6 rings (SSSR count). The van der Waals surface area contributed by atoms with Crippen LogP contribution in [-0.2, 0) is 19.2 Å². The Hall–Kier alpha value is -3.36. The molecule has 1 fully saturated rings. The number of Topliss-reactive ketones (excluding diaryl/α,β-unsaturated/α-hetero) is 1. The van der Waals surface area contributed by atoms with Gasteiger partial charge in [0.2, 0.25) is 0 Å². The molecule has 170 valence electrons. The topological polar surface area (TPSA) is 112 Å². The summed E-state index contributed by atoms with van der Waals surface area (Å²) in [7, 11) is 0. The maximum Gasteiger partial charge on any atom is 0.257 e. The number of aromatic hydroxyl groups is 1. The summed E-state index contributed by atoms with van der Waals surface area (Å²) >= 11 is 3.20. The minimum Gasteiger partial charge on any atom is -0.507 e. The predicted octanol–water partition coefficient (Wildman–Crippen LogP) is 3.70. The number of hydroxylamine groups is 2. The molecule has 4 atom stereocenters. The lowest BCUT2D eigenvalue weighted by Crippen LogP contribution is -2.39. The molecule has 3 aliphatic carbocycles. The van der Waals surface area contributed by atoms with Crippen LogP contribution < -0.4 is 0 Å². The monoisotopic (exact) mass is 519 g/mol. The number of nitrogens with zero attached hydrogens (tertiary/aromatic N) is 1. The van der Waals surface area contributed by atoms with Gasteiger partial charge in [0.1, 0.15) is 5.75 Å². The fourth-order valence-electron chi connectivity index (χ4n) is 6.10. The van der Waals surface area contributed by atoms with Crippen LogP contribution in [0.5, 0.6) is 5.75 Å². The second-order valence-electron chi connectivity index (χ2n) is 9.10. The summed E-state index contributed by atoms with van der Waals surface area (Å²) in [5, 5.41) is 22.0. The predicted molar refractivity (Wildman–Crippen MR) is 124 cm³/mol. The number of rotatable bonds is 1. The molecule has 7 nitrogen and oxygen atoms in total. The average Bonchev–Trinajstić information content (AvgIpc) is 3.06. The first kappa shape index (κ1) is 21.2. The quantitative estimate of drug-likeness (QED) is 0.257. The molecule has 0 aromatic heterocycles. The van der Waals surface area contributed by atoms with Crippen LogP contribution in [0.4, 0.5) is 0 Å². The van der Waals surface area contributed by atoms with Gasteiger partial charge in [-0.2, -0.15) is 5.06 Å². The van der Waals surface area contributed by atoms with Crippen molar-refractivity contribution in [3.63, 3.8) is 0 Å². The maximum atomic E-state index is 13.3. The number of allylic oxidation sites excluding steroid dienone is 6. The Morgan fingerprint density at radius 2 is 1.68 bits per heavy atom. The molecule has 0 radical (unpaired) electrons. The van der Waals surface area contributed by atoms with E-state index in [1.807, 2.05) is 18.2 Å². The number of ketones is 2. The number of hydrogen-bond donors (Lipinski definition) is 2. The van der Waals surface area contributed by atoms with Crippen molar-refractivity contribution in [2.75, 3.05) is 0 Å². The van der Waals surface area contributed by atoms with Crippen LogP contribution in [0.3, 0.4) is 0 Å². The Morgan fingerprint density at radius 1 is 0.941 bits per heavy atom. The molecule has 1 aliphatic heterocycles. The van der Waals surface area contributed by atoms with E-state index in [1.54, 1.807) is 24.3 Å². The number of phenols is 1. The number of carbonyl (C=O) groups is 4. The number of phenolic OH excluding ortho intramolecular Hbond substituents is 1. The van der Waals surface area contributed by atoms with E-state index >= 15 is 0 Å². The van der Waals surface area contributed by atoms with Gasteiger partial charge in [-0.25, -0.2) is 0 Å². The molecular formula is C26H18BrNO6. The van der Waals surface area contributed by atoms with Gasteiger partial charge in [0.15, 0.2) is 11.6 Å². The molecule has 2 aromatic rings. The number of imide groups is 1. The van der Waals surface area contributed by atoms with Gasteiger partial charge >= 0.3 is 0 Å². The van der Waals surface area contributed by atoms with E-state index in [-0.39, 0.29) is 39.7 Å². The van der Waals surface area contributed by atoms with Gasteiger partial charge < -0.3 is 5.11 Å². The molecule has 1 saturated heterocycles. The lowest BCUT2D eigenvalue weighted by atomic mass is 9.59. The molecule has 0 spiro atoms. The molecule has 4 aliphatic rings. The molecule has 1 heterocycles. The lowest BCUT2D eigenvalue weighted by molar-refractivity contribution is -0.173. The normalized spacial score (nSPS) is 28.6. The van der Waals surface area contributed by atoms with Gasteiger partial charge in [0, 0.05) is 28.5 Å². The molecule has 2 aromatic carbocycles. The molecule has 0 saturated carbocycles. The van der Waals surface area contributed by atoms with E-state index in [9.17, 15) is 29.5 Å². The van der Waals surface area contributed by atoms with E-state index in [1.165, 1.54) is 6.08 Å². The minimum atomic E-state index is -0.801. The maximum absolute atomic E-state index is 13.3. The van der Waals surface area contributed by atoms with Crippen LogP contribution in [-0.4, -0.2) is 38.8 Å². The molecule has 2 amide bonds. The van der Waals surface area contributed by atoms with Gasteiger partial charge in [0.25, 0.3) is 11.8 Å². The first-order valence-corrected chi connectivity index (χ1v) is 11.8. The summed E-state index contributed by atoms with van der Waals surface area (Å²) in [6.45, 7) is 0. The zero-order valence-electron chi connectivity index (χ0n) is 17.7. The van der Waals surface area contributed by atoms with Crippen LogP contribution in [0, 0.1) is 17.8 Å². The highest BCUT2D eigenvalue weighted by Crippen LogP contribution is 2.56. The van der Waals surface area contributed by atoms with Crippen molar-refractivity contribution in [1.29, 1.82) is 0 Å². The molecular weight excluding hydrogens is 502 g/mol. The summed E-state index contributed by atoms with van der Waals surface area (Å²) < 4.78 is 0.156. The third kappa shape index (κ3) is 2.72. The summed E-state index contributed by atoms with van der Waals surface area (Å²) in [4.78, 5) is 51.8. The van der Waals surface area contributed by atoms with Crippen LogP contribution in [0.25, 0.3) is 10.8 Å². The SMILES string of the molecule is O=C1C=C(Br)C(=O)C2=C1C(c1ccc(O)c3ccccc13)C1=CCC3C(=O)N(O)C(=O)C3C1C2. The Bertz CT molecular complexity index is 1450. The minimum absolute atomic E-state index is 0.0970. The van der Waals surface area contributed by atoms with Crippen LogP contribution in [0.15, 0.2) is 69.8 Å². The largest absolute Gasteiger partial charge is 0.507 e. The number of amides is 2. The fourth-order valence-corrected chi connectivity index (χ4v) is 6.55. The highest BCUT2D eigenvalue weighted by molar-refractivity contribution is 9.12. The molecule has 4 unspecified atom stereocenters. The van der Waals surface area contributed by atoms with Crippen molar-refractivity contribution in [3.05, 3.63) is 75.3 Å². The second-order valence-corrected chi connectivity index (χ2v) is 9.96. The number of benzene rings is 2. The Morgan fingerprint density at radius 3 is 2.44 bits per heavy atom. The second kappa shape index (κ2) is 7.32. The molecule has 8 heteroatoms. The van der Waals surface area contributed by atoms with Crippen molar-refractivity contribution in [2.45, 2.75) is 18.8 Å². The zero-order valence-corrected chi connectivity index (χ0v) is 19.3. The first-order chi connectivity index (χ1) is 16.3. The van der Waals surface area contributed by atoms with Crippen LogP contribution in [0.2, 0.25) is 0 Å². The van der Waals surface area contributed by atoms with Gasteiger partial charge in [0.05, 0.1) is 16.3 Å². The standard InChI is InChI=1S/C26H18BrNO6/c27-18-10-20(30)23-17(24(18)31)9-16-14(5-6-15-22(16)26(33)28(34)25(15)32)21(23)13-7-8-19(29)12-4-2-1-3-11(12)13/h1-5,7-8,10,15-16,21-22,29,34H,6,9H2. The number of carbonyl (C=O) groups excluding carboxylic acids is 4. The number of fused-ring (bicyclic) bond motifs is 4. The third-order valence-electron chi connectivity index (χ3n) is 7.55. The highest BCUT2D eigenvalue weighted by atomic mass is 79.9. The van der Waals surface area contributed by atoms with Crippen molar-refractivity contribution in [3.8, 4) is 5.75 Å². The van der Waals surface area contributed by atoms with E-state index in [0.29, 0.717) is 16.5 Å². The summed E-state index contributed by atoms with van der Waals surface area (Å²) in [6.07, 6.45) is 3.56. The number of hydrogen-bond acceptors (Lipinski definition) is 6. The summed E-state index contributed by atoms with van der Waals surface area (Å²) in [6, 6.07) is 10.6. The lowest BCUT2D eigenvalue weighted by Gasteiger charge is -2.42. The summed E-state index contributed by atoms with van der Waals surface area (Å²) in [5.41, 5.74) is 2.21.